The molecule has 0 aliphatic carbocycles. The fourth-order valence-corrected chi connectivity index (χ4v) is 7.77. The summed E-state index contributed by atoms with van der Waals surface area (Å²) in [5, 5.41) is 0. The van der Waals surface area contributed by atoms with E-state index in [4.69, 9.17) is 25.4 Å². The normalized spacial score (nSPS) is 13.7. The second-order valence-corrected chi connectivity index (χ2v) is 14.9. The third-order valence-electron chi connectivity index (χ3n) is 10.9. The molecule has 0 saturated carbocycles. The van der Waals surface area contributed by atoms with Crippen LogP contribution in [0.2, 0.25) is 0 Å². The maximum Gasteiger partial charge on any atom is 0.176 e. The Kier molecular flexibility index (Phi) is 15.9. The molecule has 57 heavy (non-hydrogen) atoms. The van der Waals surface area contributed by atoms with Crippen LogP contribution in [0.15, 0.2) is 103 Å². The molecule has 1 saturated heterocycles. The third-order valence-corrected chi connectivity index (χ3v) is 10.9. The largest absolute Gasteiger partial charge is 0.496 e. The number of anilines is 1. The van der Waals surface area contributed by atoms with Crippen molar-refractivity contribution in [2.24, 2.45) is 0 Å². The number of benzene rings is 4. The Hall–Kier alpha value is -5.38. The highest BCUT2D eigenvalue weighted by Crippen LogP contribution is 2.37. The number of hydrogen-bond acceptors (Lipinski definition) is 6. The zero-order chi connectivity index (χ0) is 40.7. The Balaban J connectivity index is 1.36. The van der Waals surface area contributed by atoms with Crippen molar-refractivity contribution in [2.45, 2.75) is 78.8 Å². The van der Waals surface area contributed by atoms with Crippen molar-refractivity contribution in [1.29, 1.82) is 0 Å². The number of nitrogens with zero attached hydrogens (tertiary/aromatic N) is 2. The van der Waals surface area contributed by atoms with E-state index in [2.05, 4.69) is 129 Å². The zero-order valence-electron chi connectivity index (χ0n) is 35.3. The molecular formula is C51H62N2O4. The first-order valence-electron chi connectivity index (χ1n) is 20.5. The fraction of sp³-hybridized carbons (Fsp3) is 0.373. The summed E-state index contributed by atoms with van der Waals surface area (Å²) in [6.07, 6.45) is 18.9. The highest BCUT2D eigenvalue weighted by Gasteiger charge is 2.26. The van der Waals surface area contributed by atoms with Gasteiger partial charge in [0.1, 0.15) is 11.5 Å². The van der Waals surface area contributed by atoms with E-state index in [1.54, 1.807) is 21.3 Å². The smallest absolute Gasteiger partial charge is 0.176 e. The summed E-state index contributed by atoms with van der Waals surface area (Å²) in [4.78, 5) is 5.16. The molecular weight excluding hydrogens is 705 g/mol. The second kappa shape index (κ2) is 21.2. The average Bonchev–Trinajstić information content (AvgIpc) is 3.24. The molecule has 0 radical (unpaired) electrons. The molecule has 0 aromatic heterocycles. The first-order valence-corrected chi connectivity index (χ1v) is 20.5. The van der Waals surface area contributed by atoms with Crippen LogP contribution in [-0.4, -0.2) is 58.5 Å². The van der Waals surface area contributed by atoms with E-state index in [1.807, 2.05) is 12.1 Å². The molecule has 0 atom stereocenters. The SMILES string of the molecule is C#Cc1cc(-c2cccc(CN(c3ccc(OCCCC)cc3)C3CCN(CC(/C=C\C)=C/C(=C)c4cc(CCC)c(C)c(OC)c4)CC3)c2)cc(OC)c1OC. The van der Waals surface area contributed by atoms with Gasteiger partial charge < -0.3 is 23.8 Å². The van der Waals surface area contributed by atoms with Gasteiger partial charge in [0, 0.05) is 37.9 Å². The van der Waals surface area contributed by atoms with E-state index in [-0.39, 0.29) is 0 Å². The van der Waals surface area contributed by atoms with Crippen LogP contribution in [0, 0.1) is 19.3 Å². The molecule has 1 heterocycles. The van der Waals surface area contributed by atoms with Gasteiger partial charge in [0.05, 0.1) is 33.5 Å². The number of terminal acetylenes is 1. The van der Waals surface area contributed by atoms with Gasteiger partial charge in [0.15, 0.2) is 11.5 Å². The van der Waals surface area contributed by atoms with Gasteiger partial charge in [0.2, 0.25) is 0 Å². The van der Waals surface area contributed by atoms with Gasteiger partial charge in [-0.25, -0.2) is 0 Å². The first kappa shape index (κ1) is 42.8. The Bertz CT molecular complexity index is 2050. The monoisotopic (exact) mass is 766 g/mol. The lowest BCUT2D eigenvalue weighted by atomic mass is 9.95. The summed E-state index contributed by atoms with van der Waals surface area (Å²) in [6, 6.07) is 26.2. The Morgan fingerprint density at radius 1 is 0.912 bits per heavy atom. The minimum absolute atomic E-state index is 0.368. The number of rotatable bonds is 19. The van der Waals surface area contributed by atoms with E-state index < -0.39 is 0 Å². The van der Waals surface area contributed by atoms with Crippen molar-refractivity contribution in [3.63, 3.8) is 0 Å². The summed E-state index contributed by atoms with van der Waals surface area (Å²) < 4.78 is 23.0. The van der Waals surface area contributed by atoms with E-state index in [1.165, 1.54) is 28.0 Å². The Morgan fingerprint density at radius 3 is 2.32 bits per heavy atom. The summed E-state index contributed by atoms with van der Waals surface area (Å²) in [6.45, 7) is 17.5. The molecule has 5 rings (SSSR count). The summed E-state index contributed by atoms with van der Waals surface area (Å²) in [5.41, 5.74) is 11.1. The van der Waals surface area contributed by atoms with Crippen LogP contribution in [0.4, 0.5) is 5.69 Å². The number of allylic oxidation sites excluding steroid dienone is 3. The van der Waals surface area contributed by atoms with Gasteiger partial charge in [-0.05, 0) is 133 Å². The molecule has 0 unspecified atom stereocenters. The number of aryl methyl sites for hydroxylation is 1. The van der Waals surface area contributed by atoms with Crippen molar-refractivity contribution >= 4 is 11.3 Å². The minimum Gasteiger partial charge on any atom is -0.496 e. The Morgan fingerprint density at radius 2 is 1.67 bits per heavy atom. The van der Waals surface area contributed by atoms with Crippen LogP contribution in [0.1, 0.15) is 80.7 Å². The second-order valence-electron chi connectivity index (χ2n) is 14.9. The van der Waals surface area contributed by atoms with E-state index >= 15 is 0 Å². The predicted octanol–water partition coefficient (Wildman–Crippen LogP) is 11.5. The number of unbranched alkanes of at least 4 members (excludes halogenated alkanes) is 1. The number of likely N-dealkylation sites (tertiary alicyclic amines) is 1. The third kappa shape index (κ3) is 11.1. The van der Waals surface area contributed by atoms with Crippen molar-refractivity contribution in [2.75, 3.05) is 52.5 Å². The predicted molar refractivity (Wildman–Crippen MR) is 239 cm³/mol. The molecule has 1 aliphatic rings. The van der Waals surface area contributed by atoms with Crippen LogP contribution in [0.5, 0.6) is 23.0 Å². The van der Waals surface area contributed by atoms with Crippen molar-refractivity contribution in [3.8, 4) is 46.5 Å². The number of hydrogen-bond donors (Lipinski definition) is 0. The number of piperidine rings is 1. The van der Waals surface area contributed by atoms with Gasteiger partial charge in [-0.3, -0.25) is 4.90 Å². The lowest BCUT2D eigenvalue weighted by molar-refractivity contribution is 0.224. The fourth-order valence-electron chi connectivity index (χ4n) is 7.77. The first-order chi connectivity index (χ1) is 27.7. The summed E-state index contributed by atoms with van der Waals surface area (Å²) in [7, 11) is 5.01. The van der Waals surface area contributed by atoms with E-state index in [9.17, 15) is 0 Å². The van der Waals surface area contributed by atoms with Crippen LogP contribution in [-0.2, 0) is 13.0 Å². The summed E-state index contributed by atoms with van der Waals surface area (Å²) in [5.74, 6) is 5.81. The molecule has 1 fully saturated rings. The van der Waals surface area contributed by atoms with Gasteiger partial charge in [-0.2, -0.15) is 0 Å². The minimum atomic E-state index is 0.368. The molecule has 0 N–H and O–H groups in total. The molecule has 0 bridgehead atoms. The molecule has 6 nitrogen and oxygen atoms in total. The van der Waals surface area contributed by atoms with Crippen molar-refractivity contribution < 1.29 is 18.9 Å². The topological polar surface area (TPSA) is 43.4 Å². The number of methoxy groups -OCH3 is 3. The Labute approximate surface area is 342 Å². The standard InChI is InChI=1S/C51H62N2O4/c1-10-14-28-57-48-22-20-46(21-23-48)53(36-40-18-15-19-43(30-40)45-31-41(13-4)51(56-9)50(34-45)55-8)47-24-26-52(27-25-47)35-39(16-11-2)29-37(5)44-32-42(17-12-3)38(6)49(33-44)54-7/h4,11,15-16,18-23,29-34,47H,5,10,12,14,17,24-28,35-36H2,1-3,6-9H3/b16-11-,39-29+. The van der Waals surface area contributed by atoms with Gasteiger partial charge in [-0.1, -0.05) is 81.7 Å². The van der Waals surface area contributed by atoms with Gasteiger partial charge >= 0.3 is 0 Å². The molecule has 0 spiro atoms. The quantitative estimate of drug-likeness (QED) is 0.0538. The highest BCUT2D eigenvalue weighted by molar-refractivity contribution is 5.75. The van der Waals surface area contributed by atoms with E-state index in [0.717, 1.165) is 105 Å². The molecule has 4 aromatic carbocycles. The number of ether oxygens (including phenoxy) is 4. The zero-order valence-corrected chi connectivity index (χ0v) is 35.3. The molecule has 300 valence electrons. The summed E-state index contributed by atoms with van der Waals surface area (Å²) >= 11 is 0. The maximum atomic E-state index is 6.04. The maximum absolute atomic E-state index is 6.04. The van der Waals surface area contributed by atoms with Crippen LogP contribution >= 0.6 is 0 Å². The lowest BCUT2D eigenvalue weighted by Gasteiger charge is -2.40. The van der Waals surface area contributed by atoms with Crippen molar-refractivity contribution in [1.82, 2.24) is 4.90 Å². The van der Waals surface area contributed by atoms with Crippen molar-refractivity contribution in [3.05, 3.63) is 131 Å². The highest BCUT2D eigenvalue weighted by atomic mass is 16.5. The molecule has 4 aromatic rings. The van der Waals surface area contributed by atoms with E-state index in [0.29, 0.717) is 23.1 Å². The molecule has 6 heteroatoms. The van der Waals surface area contributed by atoms with Gasteiger partial charge in [0.25, 0.3) is 0 Å². The average molecular weight is 767 g/mol. The molecule has 1 aliphatic heterocycles. The molecule has 0 amide bonds. The van der Waals surface area contributed by atoms with Crippen LogP contribution in [0.3, 0.4) is 0 Å². The van der Waals surface area contributed by atoms with Gasteiger partial charge in [-0.15, -0.1) is 6.42 Å². The van der Waals surface area contributed by atoms with Crippen LogP contribution in [0.25, 0.3) is 16.7 Å². The lowest BCUT2D eigenvalue weighted by Crippen LogP contribution is -2.45. The van der Waals surface area contributed by atoms with Crippen LogP contribution < -0.4 is 23.8 Å².